The first-order valence-electron chi connectivity index (χ1n) is 5.79. The first kappa shape index (κ1) is 14.0. The van der Waals surface area contributed by atoms with Crippen molar-refractivity contribution in [3.8, 4) is 5.75 Å². The minimum Gasteiger partial charge on any atom is -0.483 e. The lowest BCUT2D eigenvalue weighted by Gasteiger charge is -2.10. The molecule has 0 aliphatic heterocycles. The molecule has 0 aliphatic carbocycles. The molecular formula is C13H18N2O3. The zero-order chi connectivity index (χ0) is 13.5. The first-order valence-corrected chi connectivity index (χ1v) is 5.79. The summed E-state index contributed by atoms with van der Waals surface area (Å²) in [6.45, 7) is 4.48. The maximum atomic E-state index is 11.4. The Hall–Kier alpha value is -2.04. The molecular weight excluding hydrogens is 232 g/mol. The van der Waals surface area contributed by atoms with Crippen LogP contribution in [0.15, 0.2) is 24.3 Å². The Morgan fingerprint density at radius 3 is 2.61 bits per heavy atom. The second kappa shape index (κ2) is 6.64. The third kappa shape index (κ3) is 4.45. The minimum atomic E-state index is -0.576. The summed E-state index contributed by atoms with van der Waals surface area (Å²) >= 11 is 0. The summed E-state index contributed by atoms with van der Waals surface area (Å²) in [6, 6.07) is 6.57. The third-order valence-electron chi connectivity index (χ3n) is 2.22. The Morgan fingerprint density at radius 2 is 2.00 bits per heavy atom. The largest absolute Gasteiger partial charge is 0.483 e. The fourth-order valence-corrected chi connectivity index (χ4v) is 1.31. The highest BCUT2D eigenvalue weighted by Gasteiger charge is 2.10. The van der Waals surface area contributed by atoms with Crippen LogP contribution in [-0.2, 0) is 4.79 Å². The van der Waals surface area contributed by atoms with Crippen LogP contribution in [0.25, 0.3) is 0 Å². The molecule has 0 spiro atoms. The highest BCUT2D eigenvalue weighted by molar-refractivity contribution is 5.95. The van der Waals surface area contributed by atoms with Gasteiger partial charge in [0.05, 0.1) is 5.56 Å². The quantitative estimate of drug-likeness (QED) is 0.788. The summed E-state index contributed by atoms with van der Waals surface area (Å²) in [4.78, 5) is 22.6. The van der Waals surface area contributed by atoms with Crippen molar-refractivity contribution in [2.45, 2.75) is 13.8 Å². The van der Waals surface area contributed by atoms with Gasteiger partial charge in [-0.25, -0.2) is 0 Å². The molecule has 1 aromatic carbocycles. The topological polar surface area (TPSA) is 81.4 Å². The molecule has 0 aliphatic rings. The zero-order valence-electron chi connectivity index (χ0n) is 10.6. The van der Waals surface area contributed by atoms with E-state index in [0.717, 1.165) is 0 Å². The maximum Gasteiger partial charge on any atom is 0.257 e. The van der Waals surface area contributed by atoms with E-state index >= 15 is 0 Å². The Morgan fingerprint density at radius 1 is 1.33 bits per heavy atom. The maximum absolute atomic E-state index is 11.4. The number of nitrogens with two attached hydrogens (primary N) is 1. The van der Waals surface area contributed by atoms with E-state index in [4.69, 9.17) is 10.5 Å². The van der Waals surface area contributed by atoms with Gasteiger partial charge < -0.3 is 15.8 Å². The van der Waals surface area contributed by atoms with Gasteiger partial charge in [0.2, 0.25) is 0 Å². The van der Waals surface area contributed by atoms with Gasteiger partial charge in [-0.05, 0) is 18.1 Å². The monoisotopic (exact) mass is 250 g/mol. The molecule has 2 amide bonds. The zero-order valence-corrected chi connectivity index (χ0v) is 10.6. The lowest BCUT2D eigenvalue weighted by atomic mass is 10.2. The van der Waals surface area contributed by atoms with E-state index in [2.05, 4.69) is 5.32 Å². The van der Waals surface area contributed by atoms with Crippen LogP contribution in [0, 0.1) is 5.92 Å². The molecule has 0 saturated carbocycles. The molecule has 1 rings (SSSR count). The molecule has 0 aromatic heterocycles. The number of nitrogens with one attached hydrogen (secondary N) is 1. The van der Waals surface area contributed by atoms with E-state index in [9.17, 15) is 9.59 Å². The SMILES string of the molecule is CC(C)CNC(=O)COc1ccccc1C(N)=O. The van der Waals surface area contributed by atoms with E-state index in [1.807, 2.05) is 13.8 Å². The van der Waals surface area contributed by atoms with Crippen molar-refractivity contribution in [2.24, 2.45) is 11.7 Å². The van der Waals surface area contributed by atoms with Gasteiger partial charge in [0.15, 0.2) is 6.61 Å². The van der Waals surface area contributed by atoms with E-state index in [-0.39, 0.29) is 18.1 Å². The molecule has 0 unspecified atom stereocenters. The Kier molecular flexibility index (Phi) is 5.17. The van der Waals surface area contributed by atoms with E-state index < -0.39 is 5.91 Å². The molecule has 0 bridgehead atoms. The van der Waals surface area contributed by atoms with Crippen molar-refractivity contribution in [3.05, 3.63) is 29.8 Å². The molecule has 0 saturated heterocycles. The molecule has 0 atom stereocenters. The summed E-state index contributed by atoms with van der Waals surface area (Å²) < 4.78 is 5.28. The molecule has 0 heterocycles. The van der Waals surface area contributed by atoms with Crippen LogP contribution in [0.1, 0.15) is 24.2 Å². The smallest absolute Gasteiger partial charge is 0.257 e. The van der Waals surface area contributed by atoms with E-state index in [1.165, 1.54) is 0 Å². The number of hydrogen-bond acceptors (Lipinski definition) is 3. The molecule has 98 valence electrons. The summed E-state index contributed by atoms with van der Waals surface area (Å²) in [5, 5.41) is 2.72. The van der Waals surface area contributed by atoms with Crippen molar-refractivity contribution < 1.29 is 14.3 Å². The Balaban J connectivity index is 2.53. The normalized spacial score (nSPS) is 10.2. The van der Waals surface area contributed by atoms with Crippen molar-refractivity contribution in [3.63, 3.8) is 0 Å². The third-order valence-corrected chi connectivity index (χ3v) is 2.22. The highest BCUT2D eigenvalue weighted by Crippen LogP contribution is 2.16. The summed E-state index contributed by atoms with van der Waals surface area (Å²) in [6.07, 6.45) is 0. The number of hydrogen-bond donors (Lipinski definition) is 2. The lowest BCUT2D eigenvalue weighted by molar-refractivity contribution is -0.123. The fourth-order valence-electron chi connectivity index (χ4n) is 1.31. The average Bonchev–Trinajstić information content (AvgIpc) is 2.34. The molecule has 5 nitrogen and oxygen atoms in total. The number of amides is 2. The number of ether oxygens (including phenoxy) is 1. The van der Waals surface area contributed by atoms with E-state index in [1.54, 1.807) is 24.3 Å². The van der Waals surface area contributed by atoms with Crippen molar-refractivity contribution in [2.75, 3.05) is 13.2 Å². The predicted molar refractivity (Wildman–Crippen MR) is 68.3 cm³/mol. The van der Waals surface area contributed by atoms with Gasteiger partial charge in [-0.2, -0.15) is 0 Å². The molecule has 0 fully saturated rings. The standard InChI is InChI=1S/C13H18N2O3/c1-9(2)7-15-12(16)8-18-11-6-4-3-5-10(11)13(14)17/h3-6,9H,7-8H2,1-2H3,(H2,14,17)(H,15,16). The van der Waals surface area contributed by atoms with Gasteiger partial charge in [0.1, 0.15) is 5.75 Å². The molecule has 3 N–H and O–H groups in total. The number of carbonyl (C=O) groups excluding carboxylic acids is 2. The van der Waals surface area contributed by atoms with Crippen LogP contribution in [-0.4, -0.2) is 25.0 Å². The number of carbonyl (C=O) groups is 2. The van der Waals surface area contributed by atoms with Gasteiger partial charge in [-0.15, -0.1) is 0 Å². The Bertz CT molecular complexity index is 430. The number of primary amides is 1. The Labute approximate surface area is 106 Å². The van der Waals surface area contributed by atoms with Crippen LogP contribution in [0.3, 0.4) is 0 Å². The molecule has 1 aromatic rings. The van der Waals surface area contributed by atoms with Crippen molar-refractivity contribution >= 4 is 11.8 Å². The van der Waals surface area contributed by atoms with Crippen LogP contribution in [0.2, 0.25) is 0 Å². The average molecular weight is 250 g/mol. The van der Waals surface area contributed by atoms with Gasteiger partial charge in [0.25, 0.3) is 11.8 Å². The highest BCUT2D eigenvalue weighted by atomic mass is 16.5. The second-order valence-corrected chi connectivity index (χ2v) is 4.35. The van der Waals surface area contributed by atoms with Gasteiger partial charge in [-0.1, -0.05) is 26.0 Å². The van der Waals surface area contributed by atoms with Crippen LogP contribution < -0.4 is 15.8 Å². The number of benzene rings is 1. The summed E-state index contributed by atoms with van der Waals surface area (Å²) in [5.41, 5.74) is 5.47. The molecule has 0 radical (unpaired) electrons. The summed E-state index contributed by atoms with van der Waals surface area (Å²) in [5.74, 6) is -0.0901. The fraction of sp³-hybridized carbons (Fsp3) is 0.385. The lowest BCUT2D eigenvalue weighted by Crippen LogP contribution is -2.32. The first-order chi connectivity index (χ1) is 8.50. The van der Waals surface area contributed by atoms with Gasteiger partial charge in [-0.3, -0.25) is 9.59 Å². The summed E-state index contributed by atoms with van der Waals surface area (Å²) in [7, 11) is 0. The van der Waals surface area contributed by atoms with Crippen molar-refractivity contribution in [1.82, 2.24) is 5.32 Å². The number of rotatable bonds is 6. The van der Waals surface area contributed by atoms with Gasteiger partial charge in [0, 0.05) is 6.54 Å². The van der Waals surface area contributed by atoms with E-state index in [0.29, 0.717) is 18.2 Å². The molecule has 5 heteroatoms. The minimum absolute atomic E-state index is 0.128. The van der Waals surface area contributed by atoms with Crippen LogP contribution in [0.5, 0.6) is 5.75 Å². The van der Waals surface area contributed by atoms with Crippen LogP contribution in [0.4, 0.5) is 0 Å². The van der Waals surface area contributed by atoms with Gasteiger partial charge >= 0.3 is 0 Å². The van der Waals surface area contributed by atoms with Crippen LogP contribution >= 0.6 is 0 Å². The number of para-hydroxylation sites is 1. The second-order valence-electron chi connectivity index (χ2n) is 4.35. The predicted octanol–water partition coefficient (Wildman–Crippen LogP) is 0.937. The van der Waals surface area contributed by atoms with Crippen molar-refractivity contribution in [1.29, 1.82) is 0 Å². The molecule has 18 heavy (non-hydrogen) atoms.